The molecule has 1 aliphatic heterocycles. The second-order valence-corrected chi connectivity index (χ2v) is 8.23. The Morgan fingerprint density at radius 3 is 2.38 bits per heavy atom. The van der Waals surface area contributed by atoms with Gasteiger partial charge in [0.2, 0.25) is 0 Å². The van der Waals surface area contributed by atoms with E-state index in [2.05, 4.69) is 5.16 Å². The van der Waals surface area contributed by atoms with Crippen LogP contribution in [0.3, 0.4) is 0 Å². The predicted molar refractivity (Wildman–Crippen MR) is 105 cm³/mol. The van der Waals surface area contributed by atoms with Crippen LogP contribution < -0.4 is 0 Å². The molecule has 1 saturated heterocycles. The highest BCUT2D eigenvalue weighted by Gasteiger charge is 2.32. The van der Waals surface area contributed by atoms with Gasteiger partial charge in [0.05, 0.1) is 10.6 Å². The van der Waals surface area contributed by atoms with E-state index >= 15 is 0 Å². The molecular weight excluding hydrogens is 401 g/mol. The number of carbonyl (C=O) groups is 2. The second kappa shape index (κ2) is 8.02. The normalized spacial score (nSPS) is 14.8. The Morgan fingerprint density at radius 1 is 1.17 bits per heavy atom. The summed E-state index contributed by atoms with van der Waals surface area (Å²) >= 11 is 6.14. The van der Waals surface area contributed by atoms with Gasteiger partial charge in [0.15, 0.2) is 0 Å². The van der Waals surface area contributed by atoms with Crippen molar-refractivity contribution in [2.45, 2.75) is 33.3 Å². The third-order valence-electron chi connectivity index (χ3n) is 4.49. The lowest BCUT2D eigenvalue weighted by Gasteiger charge is -2.35. The van der Waals surface area contributed by atoms with Crippen molar-refractivity contribution >= 4 is 23.6 Å². The van der Waals surface area contributed by atoms with Gasteiger partial charge < -0.3 is 19.1 Å². The fourth-order valence-electron chi connectivity index (χ4n) is 3.10. The number of aromatic nitrogens is 1. The van der Waals surface area contributed by atoms with Crippen LogP contribution in [0.5, 0.6) is 0 Å². The Hall–Kier alpha value is -2.61. The van der Waals surface area contributed by atoms with E-state index in [-0.39, 0.29) is 33.5 Å². The van der Waals surface area contributed by atoms with Gasteiger partial charge in [0, 0.05) is 26.2 Å². The number of aryl methyl sites for hydroxylation is 1. The number of ether oxygens (including phenoxy) is 1. The summed E-state index contributed by atoms with van der Waals surface area (Å²) in [6.07, 6.45) is -0.412. The van der Waals surface area contributed by atoms with Gasteiger partial charge in [0.1, 0.15) is 28.4 Å². The van der Waals surface area contributed by atoms with E-state index < -0.39 is 17.5 Å². The Bertz CT molecular complexity index is 910. The first kappa shape index (κ1) is 21.1. The molecule has 0 radical (unpaired) electrons. The van der Waals surface area contributed by atoms with Crippen LogP contribution in [0.25, 0.3) is 11.3 Å². The lowest BCUT2D eigenvalue weighted by atomic mass is 10.0. The first-order valence-corrected chi connectivity index (χ1v) is 9.64. The van der Waals surface area contributed by atoms with Crippen molar-refractivity contribution in [1.82, 2.24) is 15.0 Å². The fourth-order valence-corrected chi connectivity index (χ4v) is 3.35. The average molecular weight is 424 g/mol. The van der Waals surface area contributed by atoms with Crippen LogP contribution in [0.15, 0.2) is 22.7 Å². The third kappa shape index (κ3) is 4.53. The Balaban J connectivity index is 1.78. The molecular formula is C20H23ClFN3O4. The molecule has 3 rings (SSSR count). The minimum atomic E-state index is -0.588. The van der Waals surface area contributed by atoms with E-state index in [0.717, 1.165) is 0 Å². The van der Waals surface area contributed by atoms with Crippen molar-refractivity contribution < 1.29 is 23.2 Å². The zero-order valence-electron chi connectivity index (χ0n) is 16.8. The van der Waals surface area contributed by atoms with Crippen molar-refractivity contribution in [2.24, 2.45) is 0 Å². The van der Waals surface area contributed by atoms with Crippen LogP contribution in [0.1, 0.15) is 36.9 Å². The van der Waals surface area contributed by atoms with Gasteiger partial charge in [-0.1, -0.05) is 22.8 Å². The van der Waals surface area contributed by atoms with Gasteiger partial charge in [-0.15, -0.1) is 0 Å². The van der Waals surface area contributed by atoms with Gasteiger partial charge in [-0.25, -0.2) is 9.18 Å². The molecule has 156 valence electrons. The van der Waals surface area contributed by atoms with Crippen LogP contribution in [0, 0.1) is 12.7 Å². The smallest absolute Gasteiger partial charge is 0.410 e. The summed E-state index contributed by atoms with van der Waals surface area (Å²) in [5, 5.41) is 4.02. The molecule has 0 atom stereocenters. The molecule has 2 heterocycles. The maximum atomic E-state index is 14.4. The van der Waals surface area contributed by atoms with Crippen molar-refractivity contribution in [3.63, 3.8) is 0 Å². The van der Waals surface area contributed by atoms with E-state index in [1.165, 1.54) is 18.2 Å². The molecule has 2 aromatic rings. The minimum absolute atomic E-state index is 0.0294. The number of amides is 2. The Labute approximate surface area is 173 Å². The van der Waals surface area contributed by atoms with Crippen LogP contribution in [-0.2, 0) is 4.74 Å². The molecule has 2 amide bonds. The van der Waals surface area contributed by atoms with E-state index in [1.807, 2.05) is 0 Å². The van der Waals surface area contributed by atoms with E-state index in [0.29, 0.717) is 26.2 Å². The number of hydrogen-bond donors (Lipinski definition) is 0. The zero-order chi connectivity index (χ0) is 21.3. The maximum Gasteiger partial charge on any atom is 0.410 e. The highest BCUT2D eigenvalue weighted by molar-refractivity contribution is 6.33. The van der Waals surface area contributed by atoms with Crippen LogP contribution >= 0.6 is 11.6 Å². The van der Waals surface area contributed by atoms with E-state index in [4.69, 9.17) is 20.9 Å². The summed E-state index contributed by atoms with van der Waals surface area (Å²) in [5.74, 6) is -0.657. The molecule has 29 heavy (non-hydrogen) atoms. The monoisotopic (exact) mass is 423 g/mol. The molecule has 0 bridgehead atoms. The number of piperazine rings is 1. The standard InChI is InChI=1S/C20H23ClFN3O4/c1-12-15(17(23-29-12)16-13(21)6-5-7-14(16)22)18(26)24-8-10-25(11-9-24)19(27)28-20(2,3)4/h5-7H,8-11H2,1-4H3. The van der Waals surface area contributed by atoms with Gasteiger partial charge in [-0.3, -0.25) is 4.79 Å². The summed E-state index contributed by atoms with van der Waals surface area (Å²) in [6, 6.07) is 4.25. The van der Waals surface area contributed by atoms with E-state index in [9.17, 15) is 14.0 Å². The lowest BCUT2D eigenvalue weighted by Crippen LogP contribution is -2.51. The largest absolute Gasteiger partial charge is 0.444 e. The number of benzene rings is 1. The summed E-state index contributed by atoms with van der Waals surface area (Å²) < 4.78 is 24.9. The van der Waals surface area contributed by atoms with Gasteiger partial charge >= 0.3 is 6.09 Å². The van der Waals surface area contributed by atoms with Gasteiger partial charge in [-0.2, -0.15) is 0 Å². The number of rotatable bonds is 2. The lowest BCUT2D eigenvalue weighted by molar-refractivity contribution is 0.0140. The Morgan fingerprint density at radius 2 is 1.79 bits per heavy atom. The average Bonchev–Trinajstić information content (AvgIpc) is 3.01. The van der Waals surface area contributed by atoms with Crippen LogP contribution in [-0.4, -0.2) is 58.7 Å². The zero-order valence-corrected chi connectivity index (χ0v) is 17.5. The van der Waals surface area contributed by atoms with E-state index in [1.54, 1.807) is 37.5 Å². The summed E-state index contributed by atoms with van der Waals surface area (Å²) in [5.41, 5.74) is -0.313. The molecule has 9 heteroatoms. The topological polar surface area (TPSA) is 75.9 Å². The summed E-state index contributed by atoms with van der Waals surface area (Å²) in [7, 11) is 0. The number of carbonyl (C=O) groups excluding carboxylic acids is 2. The molecule has 1 aromatic carbocycles. The minimum Gasteiger partial charge on any atom is -0.444 e. The Kier molecular flexibility index (Phi) is 5.84. The molecule has 0 unspecified atom stereocenters. The highest BCUT2D eigenvalue weighted by atomic mass is 35.5. The van der Waals surface area contributed by atoms with Crippen molar-refractivity contribution in [1.29, 1.82) is 0 Å². The molecule has 1 fully saturated rings. The molecule has 0 aliphatic carbocycles. The molecule has 0 saturated carbocycles. The molecule has 7 nitrogen and oxygen atoms in total. The van der Waals surface area contributed by atoms with Crippen LogP contribution in [0.4, 0.5) is 9.18 Å². The number of nitrogens with zero attached hydrogens (tertiary/aromatic N) is 3. The molecule has 1 aromatic heterocycles. The van der Waals surface area contributed by atoms with Crippen molar-refractivity contribution in [2.75, 3.05) is 26.2 Å². The quantitative estimate of drug-likeness (QED) is 0.725. The second-order valence-electron chi connectivity index (χ2n) is 7.82. The molecule has 0 N–H and O–H groups in total. The molecule has 1 aliphatic rings. The first-order chi connectivity index (χ1) is 13.6. The highest BCUT2D eigenvalue weighted by Crippen LogP contribution is 2.34. The van der Waals surface area contributed by atoms with Gasteiger partial charge in [-0.05, 0) is 39.8 Å². The van der Waals surface area contributed by atoms with Crippen molar-refractivity contribution in [3.05, 3.63) is 40.4 Å². The first-order valence-electron chi connectivity index (χ1n) is 9.26. The fraction of sp³-hybridized carbons (Fsp3) is 0.450. The summed E-state index contributed by atoms with van der Waals surface area (Å²) in [6.45, 7) is 8.29. The third-order valence-corrected chi connectivity index (χ3v) is 4.81. The SMILES string of the molecule is Cc1onc(-c2c(F)cccc2Cl)c1C(=O)N1CCN(C(=O)OC(C)(C)C)CC1. The predicted octanol–water partition coefficient (Wildman–Crippen LogP) is 4.14. The summed E-state index contributed by atoms with van der Waals surface area (Å²) in [4.78, 5) is 28.5. The number of halogens is 2. The molecule has 0 spiro atoms. The van der Waals surface area contributed by atoms with Crippen LogP contribution in [0.2, 0.25) is 5.02 Å². The maximum absolute atomic E-state index is 14.4. The van der Waals surface area contributed by atoms with Gasteiger partial charge in [0.25, 0.3) is 5.91 Å². The number of hydrogen-bond acceptors (Lipinski definition) is 5. The van der Waals surface area contributed by atoms with Crippen molar-refractivity contribution in [3.8, 4) is 11.3 Å².